The number of benzene rings is 2. The van der Waals surface area contributed by atoms with Crippen molar-refractivity contribution in [1.29, 1.82) is 0 Å². The van der Waals surface area contributed by atoms with Crippen LogP contribution in [-0.2, 0) is 16.0 Å². The summed E-state index contributed by atoms with van der Waals surface area (Å²) >= 11 is 0. The van der Waals surface area contributed by atoms with Crippen LogP contribution >= 0.6 is 0 Å². The summed E-state index contributed by atoms with van der Waals surface area (Å²) in [6, 6.07) is 13.8. The highest BCUT2D eigenvalue weighted by atomic mass is 16.5. The second-order valence-corrected chi connectivity index (χ2v) is 6.81. The standard InChI is InChI=1S/C22H28N2O3/c1-3-17-9-6-8-16(2)22(17)24-21(25)14-23-19-11-4-5-12-20(19)27-15-18-10-7-13-26-18/h4-6,8-9,11-12,18,23H,3,7,10,13-15H2,1-2H3,(H,24,25). The van der Waals surface area contributed by atoms with E-state index >= 15 is 0 Å². The first-order chi connectivity index (χ1) is 13.2. The van der Waals surface area contributed by atoms with Gasteiger partial charge in [-0.3, -0.25) is 4.79 Å². The average Bonchev–Trinajstić information content (AvgIpc) is 3.20. The van der Waals surface area contributed by atoms with E-state index in [1.165, 1.54) is 0 Å². The Labute approximate surface area is 161 Å². The SMILES string of the molecule is CCc1cccc(C)c1NC(=O)CNc1ccccc1OCC1CCCO1. The van der Waals surface area contributed by atoms with E-state index in [2.05, 4.69) is 17.6 Å². The number of nitrogens with one attached hydrogen (secondary N) is 2. The first-order valence-corrected chi connectivity index (χ1v) is 9.63. The molecule has 2 aromatic carbocycles. The molecule has 5 heteroatoms. The summed E-state index contributed by atoms with van der Waals surface area (Å²) in [5.74, 6) is 0.666. The topological polar surface area (TPSA) is 59.6 Å². The minimum atomic E-state index is -0.0760. The molecule has 5 nitrogen and oxygen atoms in total. The van der Waals surface area contributed by atoms with Crippen molar-refractivity contribution >= 4 is 17.3 Å². The predicted octanol–water partition coefficient (Wildman–Crippen LogP) is 4.17. The third-order valence-corrected chi connectivity index (χ3v) is 4.78. The number of rotatable bonds is 8. The Morgan fingerprint density at radius 2 is 2.07 bits per heavy atom. The Balaban J connectivity index is 1.57. The summed E-state index contributed by atoms with van der Waals surface area (Å²) in [7, 11) is 0. The zero-order chi connectivity index (χ0) is 19.1. The molecule has 0 aromatic heterocycles. The van der Waals surface area contributed by atoms with Gasteiger partial charge in [0, 0.05) is 12.3 Å². The molecule has 1 atom stereocenters. The van der Waals surface area contributed by atoms with Gasteiger partial charge in [0.05, 0.1) is 18.3 Å². The van der Waals surface area contributed by atoms with Gasteiger partial charge in [-0.05, 0) is 49.4 Å². The van der Waals surface area contributed by atoms with Gasteiger partial charge in [-0.2, -0.15) is 0 Å². The van der Waals surface area contributed by atoms with E-state index < -0.39 is 0 Å². The third kappa shape index (κ3) is 5.23. The Morgan fingerprint density at radius 1 is 1.22 bits per heavy atom. The van der Waals surface area contributed by atoms with Gasteiger partial charge >= 0.3 is 0 Å². The molecule has 2 aromatic rings. The number of ether oxygens (including phenoxy) is 2. The van der Waals surface area contributed by atoms with Crippen LogP contribution in [0.15, 0.2) is 42.5 Å². The van der Waals surface area contributed by atoms with Crippen LogP contribution in [0.1, 0.15) is 30.9 Å². The van der Waals surface area contributed by atoms with Gasteiger partial charge in [-0.25, -0.2) is 0 Å². The Hall–Kier alpha value is -2.53. The fourth-order valence-electron chi connectivity index (χ4n) is 3.26. The van der Waals surface area contributed by atoms with Gasteiger partial charge in [-0.1, -0.05) is 37.3 Å². The van der Waals surface area contributed by atoms with Crippen molar-refractivity contribution in [2.75, 3.05) is 30.4 Å². The van der Waals surface area contributed by atoms with Gasteiger partial charge in [-0.15, -0.1) is 0 Å². The van der Waals surface area contributed by atoms with E-state index in [1.807, 2.05) is 49.4 Å². The molecule has 27 heavy (non-hydrogen) atoms. The van der Waals surface area contributed by atoms with Crippen molar-refractivity contribution in [3.63, 3.8) is 0 Å². The maximum absolute atomic E-state index is 12.5. The van der Waals surface area contributed by atoms with E-state index in [-0.39, 0.29) is 18.6 Å². The Bertz CT molecular complexity index is 770. The lowest BCUT2D eigenvalue weighted by Gasteiger charge is -2.16. The molecule has 1 fully saturated rings. The van der Waals surface area contributed by atoms with Crippen molar-refractivity contribution in [2.45, 2.75) is 39.2 Å². The summed E-state index contributed by atoms with van der Waals surface area (Å²) in [6.07, 6.45) is 3.17. The zero-order valence-electron chi connectivity index (χ0n) is 16.1. The minimum absolute atomic E-state index is 0.0760. The van der Waals surface area contributed by atoms with Crippen LogP contribution in [0, 0.1) is 6.92 Å². The Kier molecular flexibility index (Phi) is 6.71. The summed E-state index contributed by atoms with van der Waals surface area (Å²) < 4.78 is 11.5. The number of anilines is 2. The molecule has 144 valence electrons. The van der Waals surface area contributed by atoms with E-state index in [1.54, 1.807) is 0 Å². The minimum Gasteiger partial charge on any atom is -0.489 e. The number of hydrogen-bond donors (Lipinski definition) is 2. The lowest BCUT2D eigenvalue weighted by atomic mass is 10.1. The number of hydrogen-bond acceptors (Lipinski definition) is 4. The predicted molar refractivity (Wildman–Crippen MR) is 109 cm³/mol. The fourth-order valence-corrected chi connectivity index (χ4v) is 3.26. The van der Waals surface area contributed by atoms with Gasteiger partial charge < -0.3 is 20.1 Å². The molecular formula is C22H28N2O3. The molecular weight excluding hydrogens is 340 g/mol. The van der Waals surface area contributed by atoms with Crippen LogP contribution in [-0.4, -0.2) is 31.8 Å². The molecule has 0 spiro atoms. The fraction of sp³-hybridized carbons (Fsp3) is 0.409. The van der Waals surface area contributed by atoms with E-state index in [4.69, 9.17) is 9.47 Å². The van der Waals surface area contributed by atoms with Crippen LogP contribution in [0.3, 0.4) is 0 Å². The van der Waals surface area contributed by atoms with Gasteiger partial charge in [0.1, 0.15) is 12.4 Å². The summed E-state index contributed by atoms with van der Waals surface area (Å²) in [6.45, 7) is 5.62. The molecule has 1 aliphatic heterocycles. The molecule has 0 radical (unpaired) electrons. The second kappa shape index (κ2) is 9.42. The molecule has 1 saturated heterocycles. The third-order valence-electron chi connectivity index (χ3n) is 4.78. The number of amides is 1. The van der Waals surface area contributed by atoms with Crippen LogP contribution in [0.25, 0.3) is 0 Å². The van der Waals surface area contributed by atoms with Crippen molar-refractivity contribution in [3.05, 3.63) is 53.6 Å². The van der Waals surface area contributed by atoms with E-state index in [0.717, 1.165) is 54.1 Å². The van der Waals surface area contributed by atoms with Gasteiger partial charge in [0.2, 0.25) is 5.91 Å². The highest BCUT2D eigenvalue weighted by molar-refractivity contribution is 5.95. The monoisotopic (exact) mass is 368 g/mol. The second-order valence-electron chi connectivity index (χ2n) is 6.81. The van der Waals surface area contributed by atoms with Crippen molar-refractivity contribution in [3.8, 4) is 5.75 Å². The van der Waals surface area contributed by atoms with Crippen LogP contribution in [0.2, 0.25) is 0 Å². The number of carbonyl (C=O) groups excluding carboxylic acids is 1. The first kappa shape index (κ1) is 19.2. The maximum Gasteiger partial charge on any atom is 0.243 e. The molecule has 1 amide bonds. The molecule has 0 saturated carbocycles. The first-order valence-electron chi connectivity index (χ1n) is 9.63. The molecule has 3 rings (SSSR count). The van der Waals surface area contributed by atoms with Crippen LogP contribution in [0.5, 0.6) is 5.75 Å². The van der Waals surface area contributed by atoms with E-state index in [9.17, 15) is 4.79 Å². The lowest BCUT2D eigenvalue weighted by molar-refractivity contribution is -0.114. The van der Waals surface area contributed by atoms with Gasteiger partial charge in [0.25, 0.3) is 0 Å². The number of carbonyl (C=O) groups is 1. The highest BCUT2D eigenvalue weighted by Gasteiger charge is 2.17. The van der Waals surface area contributed by atoms with Crippen LogP contribution in [0.4, 0.5) is 11.4 Å². The average molecular weight is 368 g/mol. The molecule has 0 bridgehead atoms. The smallest absolute Gasteiger partial charge is 0.243 e. The number of para-hydroxylation sites is 3. The van der Waals surface area contributed by atoms with Crippen molar-refractivity contribution in [2.24, 2.45) is 0 Å². The molecule has 1 aliphatic rings. The van der Waals surface area contributed by atoms with Gasteiger partial charge in [0.15, 0.2) is 0 Å². The quantitative estimate of drug-likeness (QED) is 0.734. The van der Waals surface area contributed by atoms with E-state index in [0.29, 0.717) is 6.61 Å². The summed E-state index contributed by atoms with van der Waals surface area (Å²) in [5, 5.41) is 6.22. The maximum atomic E-state index is 12.5. The lowest BCUT2D eigenvalue weighted by Crippen LogP contribution is -2.23. The molecule has 2 N–H and O–H groups in total. The van der Waals surface area contributed by atoms with Crippen molar-refractivity contribution in [1.82, 2.24) is 0 Å². The Morgan fingerprint density at radius 3 is 2.85 bits per heavy atom. The molecule has 0 aliphatic carbocycles. The summed E-state index contributed by atoms with van der Waals surface area (Å²) in [4.78, 5) is 12.5. The highest BCUT2D eigenvalue weighted by Crippen LogP contribution is 2.25. The molecule has 1 unspecified atom stereocenters. The molecule has 1 heterocycles. The zero-order valence-corrected chi connectivity index (χ0v) is 16.1. The normalized spacial score (nSPS) is 16.1. The largest absolute Gasteiger partial charge is 0.489 e. The number of aryl methyl sites for hydroxylation is 2. The van der Waals surface area contributed by atoms with Crippen LogP contribution < -0.4 is 15.4 Å². The van der Waals surface area contributed by atoms with Crippen molar-refractivity contribution < 1.29 is 14.3 Å². The summed E-state index contributed by atoms with van der Waals surface area (Å²) in [5.41, 5.74) is 3.94.